The summed E-state index contributed by atoms with van der Waals surface area (Å²) in [5.74, 6) is 0.174. The Kier molecular flexibility index (Phi) is 6.60. The van der Waals surface area contributed by atoms with E-state index < -0.39 is 0 Å². The summed E-state index contributed by atoms with van der Waals surface area (Å²) in [4.78, 5) is 19.8. The number of ether oxygens (including phenoxy) is 1. The van der Waals surface area contributed by atoms with Crippen LogP contribution in [0.25, 0.3) is 11.1 Å². The van der Waals surface area contributed by atoms with Crippen molar-refractivity contribution >= 4 is 5.91 Å². The molecule has 1 fully saturated rings. The fourth-order valence-corrected chi connectivity index (χ4v) is 4.64. The van der Waals surface area contributed by atoms with Crippen LogP contribution >= 0.6 is 0 Å². The average molecular weight is 406 g/mol. The Labute approximate surface area is 179 Å². The number of hydrogen-bond donors (Lipinski definition) is 1. The Bertz CT molecular complexity index is 896. The van der Waals surface area contributed by atoms with E-state index in [9.17, 15) is 4.79 Å². The summed E-state index contributed by atoms with van der Waals surface area (Å²) in [5, 5.41) is 3.10. The van der Waals surface area contributed by atoms with Crippen LogP contribution in [-0.2, 0) is 16.0 Å². The molecule has 158 valence electrons. The quantitative estimate of drug-likeness (QED) is 0.717. The van der Waals surface area contributed by atoms with Crippen molar-refractivity contribution < 1.29 is 9.53 Å². The van der Waals surface area contributed by atoms with Gasteiger partial charge in [0.2, 0.25) is 5.91 Å². The van der Waals surface area contributed by atoms with Gasteiger partial charge in [0.1, 0.15) is 0 Å². The zero-order valence-electron chi connectivity index (χ0n) is 17.8. The van der Waals surface area contributed by atoms with Crippen LogP contribution in [0.3, 0.4) is 0 Å². The lowest BCUT2D eigenvalue weighted by Crippen LogP contribution is -2.44. The van der Waals surface area contributed by atoms with Crippen molar-refractivity contribution in [1.82, 2.24) is 15.2 Å². The van der Waals surface area contributed by atoms with Gasteiger partial charge in [0.25, 0.3) is 0 Å². The van der Waals surface area contributed by atoms with Gasteiger partial charge < -0.3 is 10.1 Å². The lowest BCUT2D eigenvalue weighted by molar-refractivity contribution is -0.130. The van der Waals surface area contributed by atoms with Gasteiger partial charge in [-0.2, -0.15) is 0 Å². The summed E-state index contributed by atoms with van der Waals surface area (Å²) in [7, 11) is 0. The number of hydrogen-bond acceptors (Lipinski definition) is 4. The van der Waals surface area contributed by atoms with Crippen molar-refractivity contribution in [3.05, 3.63) is 66.0 Å². The Morgan fingerprint density at radius 3 is 2.93 bits per heavy atom. The van der Waals surface area contributed by atoms with Gasteiger partial charge in [0, 0.05) is 32.0 Å². The highest BCUT2D eigenvalue weighted by atomic mass is 16.5. The monoisotopic (exact) mass is 405 g/mol. The fraction of sp³-hybridized carbons (Fsp3) is 0.440. The van der Waals surface area contributed by atoms with Crippen LogP contribution in [0.15, 0.2) is 60.4 Å². The van der Waals surface area contributed by atoms with Crippen molar-refractivity contribution in [2.45, 2.75) is 26.2 Å². The lowest BCUT2D eigenvalue weighted by atomic mass is 9.79. The number of pyridine rings is 1. The normalized spacial score (nSPS) is 22.0. The van der Waals surface area contributed by atoms with Gasteiger partial charge in [0.15, 0.2) is 0 Å². The van der Waals surface area contributed by atoms with Gasteiger partial charge in [-0.15, -0.1) is 0 Å². The van der Waals surface area contributed by atoms with Gasteiger partial charge in [-0.05, 0) is 61.1 Å². The zero-order valence-corrected chi connectivity index (χ0v) is 17.8. The minimum atomic E-state index is -0.389. The second kappa shape index (κ2) is 9.54. The predicted molar refractivity (Wildman–Crippen MR) is 119 cm³/mol. The molecule has 1 aromatic carbocycles. The topological polar surface area (TPSA) is 54.5 Å². The zero-order chi connectivity index (χ0) is 20.8. The number of carbonyl (C=O) groups is 1. The van der Waals surface area contributed by atoms with E-state index in [2.05, 4.69) is 51.6 Å². The van der Waals surface area contributed by atoms with Gasteiger partial charge in [-0.1, -0.05) is 36.4 Å². The Balaban J connectivity index is 1.53. The molecule has 1 N–H and O–H groups in total. The second-order valence-corrected chi connectivity index (χ2v) is 8.42. The molecule has 0 radical (unpaired) electrons. The number of nitrogens with zero attached hydrogens (tertiary/aromatic N) is 2. The number of nitrogens with one attached hydrogen (secondary N) is 1. The molecule has 0 spiro atoms. The third kappa shape index (κ3) is 4.79. The average Bonchev–Trinajstić information content (AvgIpc) is 3.19. The van der Waals surface area contributed by atoms with E-state index in [0.717, 1.165) is 63.2 Å². The molecule has 1 saturated heterocycles. The highest BCUT2D eigenvalue weighted by Crippen LogP contribution is 2.36. The molecule has 2 aromatic rings. The van der Waals surface area contributed by atoms with Crippen molar-refractivity contribution in [2.24, 2.45) is 5.41 Å². The molecule has 1 aromatic heterocycles. The first kappa shape index (κ1) is 20.8. The van der Waals surface area contributed by atoms with Crippen LogP contribution in [0.1, 0.15) is 25.3 Å². The van der Waals surface area contributed by atoms with Crippen LogP contribution in [-0.4, -0.2) is 55.2 Å². The summed E-state index contributed by atoms with van der Waals surface area (Å²) in [6, 6.07) is 12.6. The van der Waals surface area contributed by atoms with Gasteiger partial charge in [-0.3, -0.25) is 14.7 Å². The number of benzene rings is 1. The number of carbonyl (C=O) groups excluding carboxylic acids is 1. The Morgan fingerprint density at radius 1 is 1.27 bits per heavy atom. The van der Waals surface area contributed by atoms with Gasteiger partial charge in [-0.25, -0.2) is 0 Å². The molecule has 3 heterocycles. The first-order chi connectivity index (χ1) is 14.7. The molecule has 1 unspecified atom stereocenters. The molecule has 5 heteroatoms. The van der Waals surface area contributed by atoms with Crippen LogP contribution in [0.5, 0.6) is 0 Å². The Morgan fingerprint density at radius 2 is 2.17 bits per heavy atom. The lowest BCUT2D eigenvalue weighted by Gasteiger charge is -2.29. The first-order valence-corrected chi connectivity index (χ1v) is 10.9. The van der Waals surface area contributed by atoms with E-state index >= 15 is 0 Å². The molecule has 2 aliphatic rings. The van der Waals surface area contributed by atoms with Crippen LogP contribution < -0.4 is 5.32 Å². The molecule has 5 nitrogen and oxygen atoms in total. The predicted octanol–water partition coefficient (Wildman–Crippen LogP) is 3.47. The Hall–Kier alpha value is -2.50. The van der Waals surface area contributed by atoms with Crippen molar-refractivity contribution in [3.8, 4) is 11.1 Å². The summed E-state index contributed by atoms with van der Waals surface area (Å²) in [6.07, 6.45) is 8.59. The van der Waals surface area contributed by atoms with Gasteiger partial charge in [0.05, 0.1) is 18.6 Å². The van der Waals surface area contributed by atoms with E-state index in [-0.39, 0.29) is 11.3 Å². The first-order valence-electron chi connectivity index (χ1n) is 10.9. The van der Waals surface area contributed by atoms with Crippen LogP contribution in [0.2, 0.25) is 0 Å². The SMILES string of the molecule is CCNC(=O)C1(Cc2cccc(-c3cccnc3)c2)CCN(CC2=CCCOC2)C1. The molecule has 4 rings (SSSR count). The molecule has 0 bridgehead atoms. The van der Waals surface area contributed by atoms with E-state index in [0.29, 0.717) is 6.54 Å². The second-order valence-electron chi connectivity index (χ2n) is 8.42. The minimum Gasteiger partial charge on any atom is -0.377 e. The maximum absolute atomic E-state index is 13.2. The molecular weight excluding hydrogens is 374 g/mol. The fourth-order valence-electron chi connectivity index (χ4n) is 4.64. The number of aromatic nitrogens is 1. The molecule has 0 aliphatic carbocycles. The van der Waals surface area contributed by atoms with Crippen LogP contribution in [0, 0.1) is 5.41 Å². The summed E-state index contributed by atoms with van der Waals surface area (Å²) < 4.78 is 5.60. The van der Waals surface area contributed by atoms with E-state index in [1.165, 1.54) is 11.1 Å². The third-order valence-electron chi connectivity index (χ3n) is 6.13. The minimum absolute atomic E-state index is 0.174. The van der Waals surface area contributed by atoms with Crippen LogP contribution in [0.4, 0.5) is 0 Å². The smallest absolute Gasteiger partial charge is 0.227 e. The largest absolute Gasteiger partial charge is 0.377 e. The molecule has 0 saturated carbocycles. The summed E-state index contributed by atoms with van der Waals surface area (Å²) in [5.41, 5.74) is 4.39. The maximum atomic E-state index is 13.2. The third-order valence-corrected chi connectivity index (χ3v) is 6.13. The number of likely N-dealkylation sites (tertiary alicyclic amines) is 1. The molecule has 1 atom stereocenters. The van der Waals surface area contributed by atoms with Crippen molar-refractivity contribution in [3.63, 3.8) is 0 Å². The number of amides is 1. The highest BCUT2D eigenvalue weighted by molar-refractivity contribution is 5.83. The molecule has 2 aliphatic heterocycles. The molecule has 30 heavy (non-hydrogen) atoms. The summed E-state index contributed by atoms with van der Waals surface area (Å²) >= 11 is 0. The van der Waals surface area contributed by atoms with Crippen molar-refractivity contribution in [1.29, 1.82) is 0 Å². The standard InChI is InChI=1S/C25H31N3O2/c1-2-27-24(29)25(10-12-28(19-25)17-21-7-5-13-30-18-21)15-20-6-3-8-22(14-20)23-9-4-11-26-16-23/h3-4,6-9,11,14,16H,2,5,10,12-13,15,17-19H2,1H3,(H,27,29). The van der Waals surface area contributed by atoms with Crippen molar-refractivity contribution in [2.75, 3.05) is 39.4 Å². The maximum Gasteiger partial charge on any atom is 0.227 e. The molecular formula is C25H31N3O2. The van der Waals surface area contributed by atoms with E-state index in [4.69, 9.17) is 4.74 Å². The van der Waals surface area contributed by atoms with Gasteiger partial charge >= 0.3 is 0 Å². The van der Waals surface area contributed by atoms with E-state index in [1.54, 1.807) is 6.20 Å². The molecule has 1 amide bonds. The highest BCUT2D eigenvalue weighted by Gasteiger charge is 2.44. The summed E-state index contributed by atoms with van der Waals surface area (Å²) in [6.45, 7) is 6.82. The van der Waals surface area contributed by atoms with E-state index in [1.807, 2.05) is 19.2 Å². The number of rotatable bonds is 7.